The zero-order valence-corrected chi connectivity index (χ0v) is 21.3. The van der Waals surface area contributed by atoms with Crippen molar-refractivity contribution in [2.24, 2.45) is 5.73 Å². The summed E-state index contributed by atoms with van der Waals surface area (Å²) in [5.74, 6) is -0.901. The summed E-state index contributed by atoms with van der Waals surface area (Å²) in [4.78, 5) is 27.5. The van der Waals surface area contributed by atoms with Gasteiger partial charge in [0.25, 0.3) is 5.91 Å². The van der Waals surface area contributed by atoms with Gasteiger partial charge in [-0.25, -0.2) is 17.9 Å². The van der Waals surface area contributed by atoms with Gasteiger partial charge < -0.3 is 9.47 Å². The van der Waals surface area contributed by atoms with Crippen LogP contribution in [0.5, 0.6) is 0 Å². The number of aromatic amines is 1. The Bertz CT molecular complexity index is 1040. The van der Waals surface area contributed by atoms with E-state index in [4.69, 9.17) is 15.2 Å². The lowest BCUT2D eigenvalue weighted by Gasteiger charge is -2.54. The van der Waals surface area contributed by atoms with Crippen molar-refractivity contribution in [2.75, 3.05) is 25.7 Å². The Morgan fingerprint density at radius 3 is 2.73 bits per heavy atom. The molecule has 2 aliphatic heterocycles. The molecule has 0 spiro atoms. The summed E-state index contributed by atoms with van der Waals surface area (Å²) in [6.45, 7) is 5.27. The summed E-state index contributed by atoms with van der Waals surface area (Å²) >= 11 is 2.54. The second-order valence-corrected chi connectivity index (χ2v) is 12.5. The van der Waals surface area contributed by atoms with Gasteiger partial charge in [0.2, 0.25) is 20.9 Å². The SMILES string of the molecule is CO[C@@]1(N)C(=O)N2C(C(=O)OC(C)(C)C)=C(C(CCNS(C)(=O)=O)Sc3nn[nH]n3)CS[C@@H]21. The molecule has 0 bridgehead atoms. The normalized spacial score (nSPS) is 24.4. The number of H-pyrrole nitrogens is 1. The Labute approximate surface area is 200 Å². The highest BCUT2D eigenvalue weighted by Gasteiger charge is 2.64. The van der Waals surface area contributed by atoms with Crippen molar-refractivity contribution >= 4 is 45.4 Å². The molecular weight excluding hydrogens is 494 g/mol. The van der Waals surface area contributed by atoms with Crippen LogP contribution in [-0.4, -0.2) is 93.4 Å². The van der Waals surface area contributed by atoms with Crippen LogP contribution in [0, 0.1) is 0 Å². The topological polar surface area (TPSA) is 182 Å². The number of amides is 1. The van der Waals surface area contributed by atoms with Crippen molar-refractivity contribution in [1.29, 1.82) is 0 Å². The Morgan fingerprint density at radius 1 is 1.48 bits per heavy atom. The first kappa shape index (κ1) is 25.9. The minimum Gasteiger partial charge on any atom is -0.455 e. The number of hydrogen-bond donors (Lipinski definition) is 3. The molecule has 3 atom stereocenters. The molecule has 1 fully saturated rings. The number of methoxy groups -OCH3 is 1. The van der Waals surface area contributed by atoms with E-state index in [2.05, 4.69) is 25.3 Å². The zero-order valence-electron chi connectivity index (χ0n) is 18.8. The fourth-order valence-corrected chi connectivity index (χ4v) is 6.41. The highest BCUT2D eigenvalue weighted by Crippen LogP contribution is 2.48. The third-order valence-corrected chi connectivity index (χ3v) is 8.03. The van der Waals surface area contributed by atoms with Crippen LogP contribution in [-0.2, 0) is 29.1 Å². The predicted molar refractivity (Wildman–Crippen MR) is 121 cm³/mol. The molecule has 13 nitrogen and oxygen atoms in total. The first-order chi connectivity index (χ1) is 15.3. The molecule has 184 valence electrons. The van der Waals surface area contributed by atoms with Gasteiger partial charge in [0.05, 0.1) is 6.26 Å². The summed E-state index contributed by atoms with van der Waals surface area (Å²) in [6, 6.07) is 0. The Morgan fingerprint density at radius 2 is 2.18 bits per heavy atom. The fraction of sp³-hybridized carbons (Fsp3) is 0.706. The lowest BCUT2D eigenvalue weighted by Crippen LogP contribution is -2.79. The maximum absolute atomic E-state index is 13.3. The highest BCUT2D eigenvalue weighted by molar-refractivity contribution is 8.01. The number of carbonyl (C=O) groups excluding carboxylic acids is 2. The van der Waals surface area contributed by atoms with Crippen molar-refractivity contribution in [3.63, 3.8) is 0 Å². The van der Waals surface area contributed by atoms with Crippen LogP contribution >= 0.6 is 23.5 Å². The van der Waals surface area contributed by atoms with Crippen LogP contribution < -0.4 is 10.5 Å². The number of carbonyl (C=O) groups is 2. The van der Waals surface area contributed by atoms with E-state index in [0.717, 1.165) is 6.26 Å². The van der Waals surface area contributed by atoms with Gasteiger partial charge in [-0.2, -0.15) is 5.21 Å². The number of esters is 1. The zero-order chi connectivity index (χ0) is 24.6. The monoisotopic (exact) mass is 521 g/mol. The first-order valence-corrected chi connectivity index (χ1v) is 13.7. The van der Waals surface area contributed by atoms with Crippen LogP contribution in [0.15, 0.2) is 16.4 Å². The highest BCUT2D eigenvalue weighted by atomic mass is 32.2. The van der Waals surface area contributed by atoms with E-state index in [1.54, 1.807) is 20.8 Å². The Balaban J connectivity index is 2.02. The van der Waals surface area contributed by atoms with Crippen LogP contribution in [0.3, 0.4) is 0 Å². The van der Waals surface area contributed by atoms with Gasteiger partial charge in [-0.1, -0.05) is 11.8 Å². The van der Waals surface area contributed by atoms with Gasteiger partial charge >= 0.3 is 5.97 Å². The van der Waals surface area contributed by atoms with Crippen molar-refractivity contribution in [1.82, 2.24) is 30.2 Å². The van der Waals surface area contributed by atoms with E-state index >= 15 is 0 Å². The molecule has 0 radical (unpaired) electrons. The number of nitrogens with two attached hydrogens (primary N) is 1. The number of sulfonamides is 1. The first-order valence-electron chi connectivity index (χ1n) is 9.87. The van der Waals surface area contributed by atoms with E-state index in [1.807, 2.05) is 0 Å². The number of tetrazole rings is 1. The molecule has 0 aliphatic carbocycles. The molecular formula is C17H27N7O6S3. The van der Waals surface area contributed by atoms with Crippen LogP contribution in [0.1, 0.15) is 27.2 Å². The minimum absolute atomic E-state index is 0.0807. The molecule has 33 heavy (non-hydrogen) atoms. The average molecular weight is 522 g/mol. The van der Waals surface area contributed by atoms with Gasteiger partial charge in [0, 0.05) is 24.7 Å². The summed E-state index contributed by atoms with van der Waals surface area (Å²) in [5, 5.41) is 13.0. The Hall–Kier alpha value is -1.72. The van der Waals surface area contributed by atoms with Gasteiger partial charge in [0.15, 0.2) is 0 Å². The van der Waals surface area contributed by atoms with Crippen molar-refractivity contribution in [2.45, 2.75) is 54.3 Å². The second-order valence-electron chi connectivity index (χ2n) is 8.47. The lowest BCUT2D eigenvalue weighted by molar-refractivity contribution is -0.184. The molecule has 3 rings (SSSR count). The molecule has 4 N–H and O–H groups in total. The van der Waals surface area contributed by atoms with Crippen LogP contribution in [0.2, 0.25) is 0 Å². The number of thioether (sulfide) groups is 2. The molecule has 1 amide bonds. The standard InChI is InChI=1S/C17H27N7O6S3/c1-16(2,3)30-12(25)11-9(8-31-14-17(18,29-4)13(26)24(11)14)10(6-7-19-33(5,27)28)32-15-20-22-23-21-15/h10,14,19H,6-8,18H2,1-5H3,(H,20,21,22,23)/t10?,14-,17+/m1/s1. The van der Waals surface area contributed by atoms with Gasteiger partial charge in [0.1, 0.15) is 16.7 Å². The molecule has 1 unspecified atom stereocenters. The fourth-order valence-electron chi connectivity index (χ4n) is 3.33. The Kier molecular flexibility index (Phi) is 7.45. The molecule has 3 heterocycles. The van der Waals surface area contributed by atoms with E-state index in [9.17, 15) is 18.0 Å². The van der Waals surface area contributed by atoms with Gasteiger partial charge in [-0.3, -0.25) is 15.4 Å². The molecule has 2 aliphatic rings. The molecule has 0 saturated carbocycles. The maximum Gasteiger partial charge on any atom is 0.355 e. The molecule has 1 saturated heterocycles. The largest absolute Gasteiger partial charge is 0.455 e. The van der Waals surface area contributed by atoms with E-state index in [1.165, 1.54) is 35.5 Å². The van der Waals surface area contributed by atoms with Gasteiger partial charge in [-0.05, 0) is 38.0 Å². The number of fused-ring (bicyclic) bond motifs is 1. The van der Waals surface area contributed by atoms with Crippen LogP contribution in [0.25, 0.3) is 0 Å². The quantitative estimate of drug-likeness (QED) is 0.163. The number of β-lactam (4-membered cyclic amide) rings is 1. The lowest BCUT2D eigenvalue weighted by atomic mass is 9.97. The average Bonchev–Trinajstić information content (AvgIpc) is 3.22. The van der Waals surface area contributed by atoms with Crippen molar-refractivity contribution < 1.29 is 27.5 Å². The second kappa shape index (κ2) is 9.50. The van der Waals surface area contributed by atoms with Crippen molar-refractivity contribution in [3.8, 4) is 0 Å². The summed E-state index contributed by atoms with van der Waals surface area (Å²) in [7, 11) is -2.08. The molecule has 1 aromatic rings. The van der Waals surface area contributed by atoms with Crippen LogP contribution in [0.4, 0.5) is 0 Å². The number of rotatable bonds is 9. The number of ether oxygens (including phenoxy) is 2. The third kappa shape index (κ3) is 5.68. The van der Waals surface area contributed by atoms with E-state index in [-0.39, 0.29) is 12.2 Å². The number of nitrogens with one attached hydrogen (secondary N) is 2. The summed E-state index contributed by atoms with van der Waals surface area (Å²) < 4.78 is 36.4. The summed E-state index contributed by atoms with van der Waals surface area (Å²) in [6.07, 6.45) is 1.35. The third-order valence-electron chi connectivity index (χ3n) is 4.76. The van der Waals surface area contributed by atoms with E-state index < -0.39 is 43.8 Å². The maximum atomic E-state index is 13.3. The molecule has 0 aromatic carbocycles. The van der Waals surface area contributed by atoms with Gasteiger partial charge in [-0.15, -0.1) is 22.0 Å². The van der Waals surface area contributed by atoms with E-state index in [0.29, 0.717) is 22.9 Å². The minimum atomic E-state index is -3.42. The van der Waals surface area contributed by atoms with Crippen molar-refractivity contribution in [3.05, 3.63) is 11.3 Å². The number of nitrogens with zero attached hydrogens (tertiary/aromatic N) is 4. The summed E-state index contributed by atoms with van der Waals surface area (Å²) in [5.41, 5.74) is 4.44. The number of aromatic nitrogens is 4. The predicted octanol–water partition coefficient (Wildman–Crippen LogP) is -0.588. The number of hydrogen-bond acceptors (Lipinski definition) is 12. The smallest absolute Gasteiger partial charge is 0.355 e. The molecule has 16 heteroatoms. The molecule has 1 aromatic heterocycles.